The number of hydrogen-bond donors (Lipinski definition) is 0. The quantitative estimate of drug-likeness (QED) is 0.668. The average molecular weight is 289 g/mol. The van der Waals surface area contributed by atoms with Gasteiger partial charge in [-0.25, -0.2) is 4.98 Å². The maximum atomic E-state index is 12.5. The number of rotatable bonds is 4. The minimum absolute atomic E-state index is 0.0307. The summed E-state index contributed by atoms with van der Waals surface area (Å²) in [6.07, 6.45) is 1.57. The Balaban J connectivity index is 1.85. The molecule has 3 nitrogen and oxygen atoms in total. The molecule has 0 aliphatic carbocycles. The molecule has 0 aliphatic heterocycles. The predicted molar refractivity (Wildman–Crippen MR) is 85.4 cm³/mol. The van der Waals surface area contributed by atoms with Crippen LogP contribution in [0.4, 0.5) is 0 Å². The molecule has 0 saturated carbocycles. The molecule has 1 heterocycles. The lowest BCUT2D eigenvalue weighted by molar-refractivity contribution is 0.103. The van der Waals surface area contributed by atoms with E-state index in [0.717, 1.165) is 11.3 Å². The topological polar surface area (TPSA) is 39.2 Å². The van der Waals surface area contributed by atoms with Crippen molar-refractivity contribution in [2.45, 2.75) is 6.92 Å². The van der Waals surface area contributed by atoms with E-state index in [0.29, 0.717) is 17.0 Å². The number of pyridine rings is 1. The Labute approximate surface area is 129 Å². The molecular weight excluding hydrogens is 274 g/mol. The van der Waals surface area contributed by atoms with Crippen LogP contribution in [0.15, 0.2) is 72.9 Å². The standard InChI is InChI=1S/C19H15NO2/c1-14-12-18(22-16-10-6-3-7-11-16)20-13-17(14)19(21)15-8-4-2-5-9-15/h2-13H,1H3. The number of ketones is 1. The van der Waals surface area contributed by atoms with Crippen molar-refractivity contribution in [3.8, 4) is 11.6 Å². The van der Waals surface area contributed by atoms with Gasteiger partial charge in [-0.15, -0.1) is 0 Å². The lowest BCUT2D eigenvalue weighted by Crippen LogP contribution is -2.04. The molecule has 22 heavy (non-hydrogen) atoms. The molecule has 0 spiro atoms. The van der Waals surface area contributed by atoms with E-state index in [2.05, 4.69) is 4.98 Å². The van der Waals surface area contributed by atoms with E-state index in [-0.39, 0.29) is 5.78 Å². The smallest absolute Gasteiger partial charge is 0.219 e. The number of aryl methyl sites for hydroxylation is 1. The minimum atomic E-state index is -0.0307. The van der Waals surface area contributed by atoms with Gasteiger partial charge in [-0.3, -0.25) is 4.79 Å². The van der Waals surface area contributed by atoms with Gasteiger partial charge in [-0.1, -0.05) is 48.5 Å². The second kappa shape index (κ2) is 6.22. The summed E-state index contributed by atoms with van der Waals surface area (Å²) in [5.41, 5.74) is 2.09. The van der Waals surface area contributed by atoms with Crippen LogP contribution in [0.25, 0.3) is 0 Å². The molecule has 0 fully saturated rings. The molecule has 1 aromatic heterocycles. The van der Waals surface area contributed by atoms with Crippen molar-refractivity contribution >= 4 is 5.78 Å². The Bertz CT molecular complexity index is 783. The summed E-state index contributed by atoms with van der Waals surface area (Å²) in [4.78, 5) is 16.7. The fourth-order valence-corrected chi connectivity index (χ4v) is 2.18. The van der Waals surface area contributed by atoms with Crippen molar-refractivity contribution in [2.24, 2.45) is 0 Å². The summed E-state index contributed by atoms with van der Waals surface area (Å²) < 4.78 is 5.68. The number of ether oxygens (including phenoxy) is 1. The van der Waals surface area contributed by atoms with Gasteiger partial charge in [0, 0.05) is 23.4 Å². The lowest BCUT2D eigenvalue weighted by atomic mass is 10.0. The minimum Gasteiger partial charge on any atom is -0.439 e. The van der Waals surface area contributed by atoms with Gasteiger partial charge in [0.15, 0.2) is 5.78 Å². The van der Waals surface area contributed by atoms with E-state index in [9.17, 15) is 4.79 Å². The van der Waals surface area contributed by atoms with Gasteiger partial charge in [0.1, 0.15) is 5.75 Å². The molecule has 3 heteroatoms. The zero-order valence-corrected chi connectivity index (χ0v) is 12.2. The summed E-state index contributed by atoms with van der Waals surface area (Å²) in [5, 5.41) is 0. The van der Waals surface area contributed by atoms with Gasteiger partial charge in [0.25, 0.3) is 0 Å². The van der Waals surface area contributed by atoms with Crippen LogP contribution in [0.5, 0.6) is 11.6 Å². The molecule has 0 atom stereocenters. The largest absolute Gasteiger partial charge is 0.439 e. The van der Waals surface area contributed by atoms with Crippen LogP contribution < -0.4 is 4.74 Å². The highest BCUT2D eigenvalue weighted by Crippen LogP contribution is 2.22. The monoisotopic (exact) mass is 289 g/mol. The molecule has 0 radical (unpaired) electrons. The maximum absolute atomic E-state index is 12.5. The Hall–Kier alpha value is -2.94. The molecule has 0 amide bonds. The first-order valence-electron chi connectivity index (χ1n) is 7.03. The molecule has 2 aromatic carbocycles. The van der Waals surface area contributed by atoms with Crippen molar-refractivity contribution in [3.05, 3.63) is 89.6 Å². The Morgan fingerprint density at radius 2 is 1.59 bits per heavy atom. The number of carbonyl (C=O) groups excluding carboxylic acids is 1. The van der Waals surface area contributed by atoms with E-state index in [4.69, 9.17) is 4.74 Å². The van der Waals surface area contributed by atoms with E-state index in [1.54, 1.807) is 24.4 Å². The molecule has 0 unspecified atom stereocenters. The van der Waals surface area contributed by atoms with Crippen LogP contribution in [-0.4, -0.2) is 10.8 Å². The van der Waals surface area contributed by atoms with Gasteiger partial charge in [-0.2, -0.15) is 0 Å². The van der Waals surface area contributed by atoms with Gasteiger partial charge < -0.3 is 4.74 Å². The third kappa shape index (κ3) is 3.04. The third-order valence-corrected chi connectivity index (χ3v) is 3.33. The van der Waals surface area contributed by atoms with E-state index in [1.807, 2.05) is 55.5 Å². The highest BCUT2D eigenvalue weighted by atomic mass is 16.5. The van der Waals surface area contributed by atoms with Crippen molar-refractivity contribution in [1.29, 1.82) is 0 Å². The third-order valence-electron chi connectivity index (χ3n) is 3.33. The fourth-order valence-electron chi connectivity index (χ4n) is 2.18. The van der Waals surface area contributed by atoms with Gasteiger partial charge >= 0.3 is 0 Å². The molecule has 0 saturated heterocycles. The summed E-state index contributed by atoms with van der Waals surface area (Å²) in [7, 11) is 0. The Morgan fingerprint density at radius 3 is 2.23 bits per heavy atom. The van der Waals surface area contributed by atoms with Crippen LogP contribution in [0.3, 0.4) is 0 Å². The van der Waals surface area contributed by atoms with Gasteiger partial charge in [0.2, 0.25) is 5.88 Å². The second-order valence-electron chi connectivity index (χ2n) is 4.95. The van der Waals surface area contributed by atoms with E-state index in [1.165, 1.54) is 0 Å². The summed E-state index contributed by atoms with van der Waals surface area (Å²) in [6.45, 7) is 1.88. The van der Waals surface area contributed by atoms with Crippen LogP contribution in [0.2, 0.25) is 0 Å². The molecule has 0 N–H and O–H groups in total. The first kappa shape index (κ1) is 14.0. The zero-order chi connectivity index (χ0) is 15.4. The number of hydrogen-bond acceptors (Lipinski definition) is 3. The Morgan fingerprint density at radius 1 is 0.955 bits per heavy atom. The molecule has 108 valence electrons. The zero-order valence-electron chi connectivity index (χ0n) is 12.2. The van der Waals surface area contributed by atoms with Crippen LogP contribution >= 0.6 is 0 Å². The van der Waals surface area contributed by atoms with Crippen molar-refractivity contribution in [2.75, 3.05) is 0 Å². The first-order valence-corrected chi connectivity index (χ1v) is 7.03. The SMILES string of the molecule is Cc1cc(Oc2ccccc2)ncc1C(=O)c1ccccc1. The van der Waals surface area contributed by atoms with Crippen molar-refractivity contribution in [1.82, 2.24) is 4.98 Å². The summed E-state index contributed by atoms with van der Waals surface area (Å²) in [6, 6.07) is 20.4. The number of benzene rings is 2. The van der Waals surface area contributed by atoms with Crippen molar-refractivity contribution in [3.63, 3.8) is 0 Å². The van der Waals surface area contributed by atoms with Crippen LogP contribution in [-0.2, 0) is 0 Å². The number of carbonyl (C=O) groups is 1. The van der Waals surface area contributed by atoms with Crippen LogP contribution in [0.1, 0.15) is 21.5 Å². The Kier molecular flexibility index (Phi) is 3.97. The molecule has 0 bridgehead atoms. The summed E-state index contributed by atoms with van der Waals surface area (Å²) in [5.74, 6) is 1.17. The van der Waals surface area contributed by atoms with E-state index >= 15 is 0 Å². The second-order valence-corrected chi connectivity index (χ2v) is 4.95. The molecule has 3 rings (SSSR count). The maximum Gasteiger partial charge on any atom is 0.219 e. The highest BCUT2D eigenvalue weighted by molar-refractivity contribution is 6.09. The molecule has 3 aromatic rings. The average Bonchev–Trinajstić information content (AvgIpc) is 2.56. The lowest BCUT2D eigenvalue weighted by Gasteiger charge is -2.08. The number of para-hydroxylation sites is 1. The predicted octanol–water partition coefficient (Wildman–Crippen LogP) is 4.41. The highest BCUT2D eigenvalue weighted by Gasteiger charge is 2.13. The normalized spacial score (nSPS) is 10.2. The number of nitrogens with zero attached hydrogens (tertiary/aromatic N) is 1. The van der Waals surface area contributed by atoms with E-state index < -0.39 is 0 Å². The van der Waals surface area contributed by atoms with Gasteiger partial charge in [-0.05, 0) is 24.6 Å². The fraction of sp³-hybridized carbons (Fsp3) is 0.0526. The molecular formula is C19H15NO2. The summed E-state index contributed by atoms with van der Waals surface area (Å²) >= 11 is 0. The molecule has 0 aliphatic rings. The van der Waals surface area contributed by atoms with Gasteiger partial charge in [0.05, 0.1) is 0 Å². The van der Waals surface area contributed by atoms with Crippen molar-refractivity contribution < 1.29 is 9.53 Å². The first-order chi connectivity index (χ1) is 10.7. The van der Waals surface area contributed by atoms with Crippen LogP contribution in [0, 0.1) is 6.92 Å². The number of aromatic nitrogens is 1.